The lowest BCUT2D eigenvalue weighted by atomic mass is 10.0. The number of likely N-dealkylation sites (tertiary alicyclic amines) is 1. The number of aromatic nitrogens is 2. The lowest BCUT2D eigenvalue weighted by molar-refractivity contribution is -0.119. The highest BCUT2D eigenvalue weighted by Crippen LogP contribution is 2.19. The lowest BCUT2D eigenvalue weighted by Gasteiger charge is -2.32. The summed E-state index contributed by atoms with van der Waals surface area (Å²) in [6, 6.07) is 7.67. The third-order valence-corrected chi connectivity index (χ3v) is 4.22. The SMILES string of the molecule is CC(=O)NC1CCN(C(=O)c2ccc(-c3cncnc3)cc2)CC1. The standard InChI is InChI=1S/C18H20N4O2/c1-13(23)21-17-6-8-22(9-7-17)18(24)15-4-2-14(3-5-15)16-10-19-12-20-11-16/h2-5,10-12,17H,6-9H2,1H3,(H,21,23). The average molecular weight is 324 g/mol. The summed E-state index contributed by atoms with van der Waals surface area (Å²) in [6.07, 6.45) is 6.58. The van der Waals surface area contributed by atoms with Crippen LogP contribution in [0.3, 0.4) is 0 Å². The summed E-state index contributed by atoms with van der Waals surface area (Å²) >= 11 is 0. The molecule has 0 saturated carbocycles. The van der Waals surface area contributed by atoms with Crippen LogP contribution in [0.4, 0.5) is 0 Å². The number of benzene rings is 1. The van der Waals surface area contributed by atoms with Gasteiger partial charge in [-0.2, -0.15) is 0 Å². The van der Waals surface area contributed by atoms with Crippen molar-refractivity contribution in [2.24, 2.45) is 0 Å². The van der Waals surface area contributed by atoms with Crippen molar-refractivity contribution in [3.05, 3.63) is 48.5 Å². The van der Waals surface area contributed by atoms with E-state index in [1.807, 2.05) is 29.2 Å². The zero-order valence-corrected chi connectivity index (χ0v) is 13.6. The number of hydrogen-bond acceptors (Lipinski definition) is 4. The molecule has 1 aliphatic rings. The van der Waals surface area contributed by atoms with Gasteiger partial charge in [0.25, 0.3) is 5.91 Å². The lowest BCUT2D eigenvalue weighted by Crippen LogP contribution is -2.46. The summed E-state index contributed by atoms with van der Waals surface area (Å²) in [7, 11) is 0. The average Bonchev–Trinajstić information content (AvgIpc) is 2.62. The van der Waals surface area contributed by atoms with Gasteiger partial charge in [-0.1, -0.05) is 12.1 Å². The smallest absolute Gasteiger partial charge is 0.253 e. The van der Waals surface area contributed by atoms with E-state index in [1.165, 1.54) is 13.3 Å². The predicted molar refractivity (Wildman–Crippen MR) is 90.2 cm³/mol. The number of hydrogen-bond donors (Lipinski definition) is 1. The highest BCUT2D eigenvalue weighted by atomic mass is 16.2. The van der Waals surface area contributed by atoms with E-state index in [0.29, 0.717) is 18.7 Å². The van der Waals surface area contributed by atoms with E-state index in [2.05, 4.69) is 15.3 Å². The van der Waals surface area contributed by atoms with Crippen LogP contribution >= 0.6 is 0 Å². The van der Waals surface area contributed by atoms with Crippen LogP contribution in [0, 0.1) is 0 Å². The Balaban J connectivity index is 1.63. The van der Waals surface area contributed by atoms with Crippen LogP contribution in [0.5, 0.6) is 0 Å². The Kier molecular flexibility index (Phi) is 4.84. The quantitative estimate of drug-likeness (QED) is 0.935. The fourth-order valence-corrected chi connectivity index (χ4v) is 2.95. The van der Waals surface area contributed by atoms with Gasteiger partial charge in [0.1, 0.15) is 6.33 Å². The first-order chi connectivity index (χ1) is 11.6. The van der Waals surface area contributed by atoms with Crippen LogP contribution < -0.4 is 5.32 Å². The predicted octanol–water partition coefficient (Wildman–Crippen LogP) is 1.88. The summed E-state index contributed by atoms with van der Waals surface area (Å²) in [5, 5.41) is 2.92. The minimum Gasteiger partial charge on any atom is -0.353 e. The first-order valence-corrected chi connectivity index (χ1v) is 8.05. The number of amides is 2. The van der Waals surface area contributed by atoms with Gasteiger partial charge in [-0.25, -0.2) is 9.97 Å². The molecule has 24 heavy (non-hydrogen) atoms. The fraction of sp³-hybridized carbons (Fsp3) is 0.333. The molecule has 0 bridgehead atoms. The Morgan fingerprint density at radius 2 is 1.67 bits per heavy atom. The van der Waals surface area contributed by atoms with Crippen molar-refractivity contribution in [2.75, 3.05) is 13.1 Å². The second-order valence-electron chi connectivity index (χ2n) is 5.97. The van der Waals surface area contributed by atoms with E-state index in [0.717, 1.165) is 24.0 Å². The van der Waals surface area contributed by atoms with Crippen LogP contribution in [0.15, 0.2) is 43.0 Å². The first kappa shape index (κ1) is 16.1. The number of piperidine rings is 1. The van der Waals surface area contributed by atoms with Gasteiger partial charge in [0, 0.05) is 49.6 Å². The van der Waals surface area contributed by atoms with Gasteiger partial charge in [-0.05, 0) is 30.5 Å². The van der Waals surface area contributed by atoms with E-state index in [4.69, 9.17) is 0 Å². The molecule has 0 unspecified atom stereocenters. The molecule has 1 aromatic heterocycles. The molecule has 1 fully saturated rings. The molecule has 1 saturated heterocycles. The summed E-state index contributed by atoms with van der Waals surface area (Å²) < 4.78 is 0. The van der Waals surface area contributed by atoms with E-state index in [9.17, 15) is 9.59 Å². The van der Waals surface area contributed by atoms with Crippen molar-refractivity contribution in [3.8, 4) is 11.1 Å². The summed E-state index contributed by atoms with van der Waals surface area (Å²) in [4.78, 5) is 33.5. The van der Waals surface area contributed by atoms with E-state index in [1.54, 1.807) is 12.4 Å². The van der Waals surface area contributed by atoms with Gasteiger partial charge < -0.3 is 10.2 Å². The Morgan fingerprint density at radius 3 is 2.25 bits per heavy atom. The molecule has 2 aromatic rings. The largest absolute Gasteiger partial charge is 0.353 e. The van der Waals surface area contributed by atoms with Crippen molar-refractivity contribution in [3.63, 3.8) is 0 Å². The number of carbonyl (C=O) groups excluding carboxylic acids is 2. The number of carbonyl (C=O) groups is 2. The van der Waals surface area contributed by atoms with Gasteiger partial charge >= 0.3 is 0 Å². The molecule has 3 rings (SSSR count). The van der Waals surface area contributed by atoms with Crippen molar-refractivity contribution < 1.29 is 9.59 Å². The molecule has 0 aliphatic carbocycles. The highest BCUT2D eigenvalue weighted by molar-refractivity contribution is 5.94. The molecule has 1 aliphatic heterocycles. The highest BCUT2D eigenvalue weighted by Gasteiger charge is 2.23. The number of nitrogens with zero attached hydrogens (tertiary/aromatic N) is 3. The third kappa shape index (κ3) is 3.76. The van der Waals surface area contributed by atoms with E-state index < -0.39 is 0 Å². The Labute approximate surface area is 140 Å². The summed E-state index contributed by atoms with van der Waals surface area (Å²) in [5.74, 6) is 0.0207. The summed E-state index contributed by atoms with van der Waals surface area (Å²) in [6.45, 7) is 2.85. The van der Waals surface area contributed by atoms with Gasteiger partial charge in [0.05, 0.1) is 0 Å². The Bertz CT molecular complexity index is 708. The molecule has 0 spiro atoms. The number of rotatable bonds is 3. The molecule has 1 N–H and O–H groups in total. The Hall–Kier alpha value is -2.76. The number of nitrogens with one attached hydrogen (secondary N) is 1. The molecule has 2 heterocycles. The second-order valence-corrected chi connectivity index (χ2v) is 5.97. The van der Waals surface area contributed by atoms with Gasteiger partial charge in [-0.3, -0.25) is 9.59 Å². The molecule has 0 atom stereocenters. The van der Waals surface area contributed by atoms with Crippen LogP contribution in [0.2, 0.25) is 0 Å². The Morgan fingerprint density at radius 1 is 1.04 bits per heavy atom. The van der Waals surface area contributed by atoms with Crippen LogP contribution in [0.1, 0.15) is 30.1 Å². The molecular weight excluding hydrogens is 304 g/mol. The second kappa shape index (κ2) is 7.21. The zero-order chi connectivity index (χ0) is 16.9. The molecular formula is C18H20N4O2. The topological polar surface area (TPSA) is 75.2 Å². The first-order valence-electron chi connectivity index (χ1n) is 8.05. The zero-order valence-electron chi connectivity index (χ0n) is 13.6. The van der Waals surface area contributed by atoms with E-state index in [-0.39, 0.29) is 17.9 Å². The minimum atomic E-state index is -0.0137. The van der Waals surface area contributed by atoms with Crippen LogP contribution in [0.25, 0.3) is 11.1 Å². The van der Waals surface area contributed by atoms with E-state index >= 15 is 0 Å². The van der Waals surface area contributed by atoms with Crippen molar-refractivity contribution in [1.82, 2.24) is 20.2 Å². The maximum absolute atomic E-state index is 12.6. The van der Waals surface area contributed by atoms with Gasteiger partial charge in [0.15, 0.2) is 0 Å². The molecule has 124 valence electrons. The van der Waals surface area contributed by atoms with Gasteiger partial charge in [0.2, 0.25) is 5.91 Å². The monoisotopic (exact) mass is 324 g/mol. The molecule has 6 nitrogen and oxygen atoms in total. The molecule has 6 heteroatoms. The van der Waals surface area contributed by atoms with Crippen molar-refractivity contribution >= 4 is 11.8 Å². The maximum Gasteiger partial charge on any atom is 0.253 e. The van der Waals surface area contributed by atoms with Crippen LogP contribution in [-0.2, 0) is 4.79 Å². The molecule has 0 radical (unpaired) electrons. The maximum atomic E-state index is 12.6. The third-order valence-electron chi connectivity index (χ3n) is 4.22. The molecule has 2 amide bonds. The minimum absolute atomic E-state index is 0.0137. The van der Waals surface area contributed by atoms with Crippen molar-refractivity contribution in [2.45, 2.75) is 25.8 Å². The van der Waals surface area contributed by atoms with Crippen molar-refractivity contribution in [1.29, 1.82) is 0 Å². The fourth-order valence-electron chi connectivity index (χ4n) is 2.95. The molecule has 1 aromatic carbocycles. The summed E-state index contributed by atoms with van der Waals surface area (Å²) in [5.41, 5.74) is 2.58. The van der Waals surface area contributed by atoms with Gasteiger partial charge in [-0.15, -0.1) is 0 Å². The van der Waals surface area contributed by atoms with Crippen LogP contribution in [-0.4, -0.2) is 45.8 Å². The normalized spacial score (nSPS) is 15.1.